The number of anilines is 1. The molecule has 22 heavy (non-hydrogen) atoms. The summed E-state index contributed by atoms with van der Waals surface area (Å²) < 4.78 is 0. The molecule has 0 aliphatic rings. The smallest absolute Gasteiger partial charge is 0.133 e. The number of unbranched alkanes of at least 4 members (excludes halogenated alkanes) is 1. The van der Waals surface area contributed by atoms with Crippen LogP contribution in [-0.2, 0) is 12.8 Å². The molecule has 5 heteroatoms. The zero-order chi connectivity index (χ0) is 15.8. The summed E-state index contributed by atoms with van der Waals surface area (Å²) in [5, 5.41) is 11.6. The summed E-state index contributed by atoms with van der Waals surface area (Å²) in [6.07, 6.45) is 8.93. The van der Waals surface area contributed by atoms with Gasteiger partial charge in [-0.2, -0.15) is 10.2 Å². The van der Waals surface area contributed by atoms with Crippen molar-refractivity contribution < 1.29 is 0 Å². The van der Waals surface area contributed by atoms with Crippen LogP contribution < -0.4 is 5.32 Å². The second-order valence-corrected chi connectivity index (χ2v) is 5.69. The van der Waals surface area contributed by atoms with Crippen LogP contribution in [0.3, 0.4) is 0 Å². The first-order chi connectivity index (χ1) is 10.7. The summed E-state index contributed by atoms with van der Waals surface area (Å²) >= 11 is 0. The molecule has 1 atom stereocenters. The Morgan fingerprint density at radius 2 is 2.14 bits per heavy atom. The second kappa shape index (κ2) is 8.41. The lowest BCUT2D eigenvalue weighted by Crippen LogP contribution is -2.18. The van der Waals surface area contributed by atoms with Gasteiger partial charge in [-0.3, -0.25) is 0 Å². The van der Waals surface area contributed by atoms with Crippen molar-refractivity contribution in [2.24, 2.45) is 0 Å². The lowest BCUT2D eigenvalue weighted by Gasteiger charge is -2.17. The molecule has 0 aromatic carbocycles. The fourth-order valence-electron chi connectivity index (χ4n) is 2.35. The molecule has 5 nitrogen and oxygen atoms in total. The van der Waals surface area contributed by atoms with E-state index >= 15 is 0 Å². The van der Waals surface area contributed by atoms with Crippen molar-refractivity contribution in [3.05, 3.63) is 41.6 Å². The second-order valence-electron chi connectivity index (χ2n) is 5.69. The SMILES string of the molecule is CCCCC(C)Nc1nc(C)ncc1CCc1cccnn1. The van der Waals surface area contributed by atoms with Gasteiger partial charge in [-0.15, -0.1) is 0 Å². The van der Waals surface area contributed by atoms with E-state index in [1.807, 2.05) is 25.3 Å². The van der Waals surface area contributed by atoms with Crippen LogP contribution in [-0.4, -0.2) is 26.2 Å². The molecule has 0 aliphatic carbocycles. The maximum absolute atomic E-state index is 4.58. The van der Waals surface area contributed by atoms with Gasteiger partial charge in [-0.25, -0.2) is 9.97 Å². The normalized spacial score (nSPS) is 12.1. The molecular formula is C17H25N5. The third kappa shape index (κ3) is 5.06. The lowest BCUT2D eigenvalue weighted by molar-refractivity contribution is 0.641. The van der Waals surface area contributed by atoms with Gasteiger partial charge >= 0.3 is 0 Å². The van der Waals surface area contributed by atoms with Crippen molar-refractivity contribution in [2.75, 3.05) is 5.32 Å². The van der Waals surface area contributed by atoms with Gasteiger partial charge in [0.25, 0.3) is 0 Å². The Balaban J connectivity index is 2.03. The number of aryl methyl sites for hydroxylation is 3. The van der Waals surface area contributed by atoms with Gasteiger partial charge in [0.2, 0.25) is 0 Å². The Kier molecular flexibility index (Phi) is 6.25. The van der Waals surface area contributed by atoms with E-state index in [9.17, 15) is 0 Å². The minimum absolute atomic E-state index is 0.421. The molecule has 2 aromatic heterocycles. The summed E-state index contributed by atoms with van der Waals surface area (Å²) in [7, 11) is 0. The van der Waals surface area contributed by atoms with Crippen LogP contribution in [0.2, 0.25) is 0 Å². The average Bonchev–Trinajstić information content (AvgIpc) is 2.53. The Morgan fingerprint density at radius 3 is 2.86 bits per heavy atom. The highest BCUT2D eigenvalue weighted by Gasteiger charge is 2.09. The molecule has 2 rings (SSSR count). The Bertz CT molecular complexity index is 571. The van der Waals surface area contributed by atoms with Crippen molar-refractivity contribution in [3.8, 4) is 0 Å². The first kappa shape index (κ1) is 16.3. The molecule has 1 unspecified atom stereocenters. The molecule has 0 saturated carbocycles. The van der Waals surface area contributed by atoms with Crippen molar-refractivity contribution in [1.82, 2.24) is 20.2 Å². The summed E-state index contributed by atoms with van der Waals surface area (Å²) in [5.74, 6) is 1.76. The van der Waals surface area contributed by atoms with E-state index in [0.29, 0.717) is 6.04 Å². The predicted octanol–water partition coefficient (Wildman–Crippen LogP) is 3.35. The summed E-state index contributed by atoms with van der Waals surface area (Å²) in [4.78, 5) is 8.91. The van der Waals surface area contributed by atoms with Gasteiger partial charge in [-0.05, 0) is 45.2 Å². The Labute approximate surface area is 132 Å². The quantitative estimate of drug-likeness (QED) is 0.810. The predicted molar refractivity (Wildman–Crippen MR) is 88.8 cm³/mol. The van der Waals surface area contributed by atoms with Crippen LogP contribution in [0.5, 0.6) is 0 Å². The Hall–Kier alpha value is -2.04. The molecule has 0 spiro atoms. The highest BCUT2D eigenvalue weighted by Crippen LogP contribution is 2.16. The van der Waals surface area contributed by atoms with E-state index in [1.54, 1.807) is 6.20 Å². The number of nitrogens with one attached hydrogen (secondary N) is 1. The molecule has 0 radical (unpaired) electrons. The number of nitrogens with zero attached hydrogens (tertiary/aromatic N) is 4. The highest BCUT2D eigenvalue weighted by atomic mass is 15.1. The average molecular weight is 299 g/mol. The minimum Gasteiger partial charge on any atom is -0.367 e. The molecule has 1 N–H and O–H groups in total. The summed E-state index contributed by atoms with van der Waals surface area (Å²) in [6.45, 7) is 6.35. The zero-order valence-electron chi connectivity index (χ0n) is 13.7. The maximum Gasteiger partial charge on any atom is 0.133 e. The number of hydrogen-bond acceptors (Lipinski definition) is 5. The van der Waals surface area contributed by atoms with E-state index < -0.39 is 0 Å². The van der Waals surface area contributed by atoms with Crippen LogP contribution in [0.25, 0.3) is 0 Å². The largest absolute Gasteiger partial charge is 0.367 e. The fraction of sp³-hybridized carbons (Fsp3) is 0.529. The van der Waals surface area contributed by atoms with Crippen molar-refractivity contribution in [2.45, 2.75) is 58.9 Å². The molecule has 0 amide bonds. The van der Waals surface area contributed by atoms with E-state index in [2.05, 4.69) is 39.3 Å². The fourth-order valence-corrected chi connectivity index (χ4v) is 2.35. The van der Waals surface area contributed by atoms with E-state index in [4.69, 9.17) is 0 Å². The van der Waals surface area contributed by atoms with Gasteiger partial charge < -0.3 is 5.32 Å². The van der Waals surface area contributed by atoms with Gasteiger partial charge in [0.05, 0.1) is 5.69 Å². The van der Waals surface area contributed by atoms with Gasteiger partial charge in [0.1, 0.15) is 11.6 Å². The standard InChI is InChI=1S/C17H25N5/c1-4-5-7-13(2)20-17-15(12-18-14(3)21-17)9-10-16-8-6-11-19-22-16/h6,8,11-13H,4-5,7,9-10H2,1-3H3,(H,18,20,21). The molecule has 2 heterocycles. The molecule has 0 bridgehead atoms. The van der Waals surface area contributed by atoms with Gasteiger partial charge in [0, 0.05) is 24.0 Å². The van der Waals surface area contributed by atoms with E-state index in [0.717, 1.165) is 42.2 Å². The number of rotatable bonds is 8. The third-order valence-corrected chi connectivity index (χ3v) is 3.64. The maximum atomic E-state index is 4.58. The lowest BCUT2D eigenvalue weighted by atomic mass is 10.1. The minimum atomic E-state index is 0.421. The molecule has 2 aromatic rings. The van der Waals surface area contributed by atoms with Crippen molar-refractivity contribution in [3.63, 3.8) is 0 Å². The monoisotopic (exact) mass is 299 g/mol. The first-order valence-corrected chi connectivity index (χ1v) is 8.04. The molecule has 0 fully saturated rings. The molecule has 118 valence electrons. The molecular weight excluding hydrogens is 274 g/mol. The zero-order valence-corrected chi connectivity index (χ0v) is 13.7. The van der Waals surface area contributed by atoms with Crippen molar-refractivity contribution in [1.29, 1.82) is 0 Å². The van der Waals surface area contributed by atoms with Crippen LogP contribution in [0.4, 0.5) is 5.82 Å². The van der Waals surface area contributed by atoms with Gasteiger partial charge in [0.15, 0.2) is 0 Å². The number of aromatic nitrogens is 4. The third-order valence-electron chi connectivity index (χ3n) is 3.64. The van der Waals surface area contributed by atoms with Crippen LogP contribution >= 0.6 is 0 Å². The van der Waals surface area contributed by atoms with E-state index in [-0.39, 0.29) is 0 Å². The number of hydrogen-bond donors (Lipinski definition) is 1. The van der Waals surface area contributed by atoms with Gasteiger partial charge in [-0.1, -0.05) is 19.8 Å². The summed E-state index contributed by atoms with van der Waals surface area (Å²) in [6, 6.07) is 4.34. The molecule has 0 aliphatic heterocycles. The highest BCUT2D eigenvalue weighted by molar-refractivity contribution is 5.44. The topological polar surface area (TPSA) is 63.6 Å². The van der Waals surface area contributed by atoms with Crippen LogP contribution in [0.15, 0.2) is 24.5 Å². The Morgan fingerprint density at radius 1 is 1.27 bits per heavy atom. The van der Waals surface area contributed by atoms with Crippen LogP contribution in [0, 0.1) is 6.92 Å². The first-order valence-electron chi connectivity index (χ1n) is 8.04. The van der Waals surface area contributed by atoms with Crippen LogP contribution in [0.1, 0.15) is 50.2 Å². The van der Waals surface area contributed by atoms with E-state index in [1.165, 1.54) is 12.8 Å². The van der Waals surface area contributed by atoms with Crippen molar-refractivity contribution >= 4 is 5.82 Å². The summed E-state index contributed by atoms with van der Waals surface area (Å²) in [5.41, 5.74) is 2.13. The molecule has 0 saturated heterocycles.